The molecule has 146 valence electrons. The van der Waals surface area contributed by atoms with Gasteiger partial charge >= 0.3 is 0 Å². The Morgan fingerprint density at radius 3 is 2.48 bits per heavy atom. The summed E-state index contributed by atoms with van der Waals surface area (Å²) in [4.78, 5) is 27.8. The van der Waals surface area contributed by atoms with Gasteiger partial charge in [0.1, 0.15) is 5.75 Å². The molecular formula is C21H28N2O3S. The van der Waals surface area contributed by atoms with E-state index in [0.717, 1.165) is 16.2 Å². The number of hydrogen-bond acceptors (Lipinski definition) is 4. The van der Waals surface area contributed by atoms with E-state index in [-0.39, 0.29) is 18.2 Å². The number of hydrogen-bond donors (Lipinski definition) is 1. The smallest absolute Gasteiger partial charge is 0.225 e. The van der Waals surface area contributed by atoms with Gasteiger partial charge in [-0.1, -0.05) is 45.0 Å². The van der Waals surface area contributed by atoms with E-state index >= 15 is 0 Å². The number of carbonyl (C=O) groups excluding carboxylic acids is 2. The van der Waals surface area contributed by atoms with Gasteiger partial charge in [0.15, 0.2) is 0 Å². The van der Waals surface area contributed by atoms with Crippen LogP contribution in [0.3, 0.4) is 0 Å². The lowest BCUT2D eigenvalue weighted by Crippen LogP contribution is -2.38. The number of ether oxygens (including phenoxy) is 1. The van der Waals surface area contributed by atoms with Crippen molar-refractivity contribution in [2.75, 3.05) is 13.7 Å². The van der Waals surface area contributed by atoms with Crippen LogP contribution in [-0.4, -0.2) is 30.4 Å². The minimum absolute atomic E-state index is 0.00325. The van der Waals surface area contributed by atoms with Crippen molar-refractivity contribution < 1.29 is 14.3 Å². The van der Waals surface area contributed by atoms with E-state index in [1.54, 1.807) is 18.4 Å². The van der Waals surface area contributed by atoms with Crippen LogP contribution in [0.25, 0.3) is 0 Å². The van der Waals surface area contributed by atoms with E-state index in [4.69, 9.17) is 4.74 Å². The van der Waals surface area contributed by atoms with Crippen molar-refractivity contribution in [2.45, 2.75) is 40.3 Å². The normalized spacial score (nSPS) is 11.1. The van der Waals surface area contributed by atoms with Gasteiger partial charge in [0, 0.05) is 35.4 Å². The summed E-state index contributed by atoms with van der Waals surface area (Å²) < 4.78 is 5.42. The van der Waals surface area contributed by atoms with Crippen LogP contribution in [0.1, 0.15) is 37.6 Å². The molecule has 0 aliphatic rings. The Hall–Kier alpha value is -2.34. The van der Waals surface area contributed by atoms with Crippen molar-refractivity contribution in [1.29, 1.82) is 0 Å². The molecule has 0 unspecified atom stereocenters. The third-order valence-corrected chi connectivity index (χ3v) is 5.00. The highest BCUT2D eigenvalue weighted by atomic mass is 32.1. The van der Waals surface area contributed by atoms with Gasteiger partial charge in [-0.25, -0.2) is 0 Å². The summed E-state index contributed by atoms with van der Waals surface area (Å²) in [5.74, 6) is 0.718. The van der Waals surface area contributed by atoms with Gasteiger partial charge in [-0.15, -0.1) is 11.3 Å². The summed E-state index contributed by atoms with van der Waals surface area (Å²) in [5.41, 5.74) is 0.500. The van der Waals surface area contributed by atoms with Crippen LogP contribution in [0.15, 0.2) is 41.8 Å². The number of para-hydroxylation sites is 1. The van der Waals surface area contributed by atoms with Crippen LogP contribution in [-0.2, 0) is 22.7 Å². The lowest BCUT2D eigenvalue weighted by molar-refractivity contribution is -0.132. The number of nitrogens with zero attached hydrogens (tertiary/aromatic N) is 1. The molecule has 0 fully saturated rings. The maximum atomic E-state index is 12.8. The van der Waals surface area contributed by atoms with Gasteiger partial charge in [-0.05, 0) is 17.5 Å². The van der Waals surface area contributed by atoms with Crippen molar-refractivity contribution in [3.8, 4) is 5.75 Å². The van der Waals surface area contributed by atoms with Gasteiger partial charge in [0.25, 0.3) is 0 Å². The minimum Gasteiger partial charge on any atom is -0.496 e. The molecule has 0 atom stereocenters. The predicted molar refractivity (Wildman–Crippen MR) is 109 cm³/mol. The van der Waals surface area contributed by atoms with E-state index in [9.17, 15) is 9.59 Å². The molecule has 0 radical (unpaired) electrons. The fourth-order valence-corrected chi connectivity index (χ4v) is 3.29. The maximum Gasteiger partial charge on any atom is 0.225 e. The van der Waals surface area contributed by atoms with Crippen molar-refractivity contribution in [3.05, 3.63) is 52.2 Å². The first-order valence-electron chi connectivity index (χ1n) is 9.01. The summed E-state index contributed by atoms with van der Waals surface area (Å²) in [6, 6.07) is 11.7. The molecule has 6 heteroatoms. The zero-order valence-corrected chi connectivity index (χ0v) is 17.3. The molecule has 1 aromatic heterocycles. The summed E-state index contributed by atoms with van der Waals surface area (Å²) in [6.45, 7) is 6.91. The molecule has 1 aromatic carbocycles. The third kappa shape index (κ3) is 6.40. The average molecular weight is 389 g/mol. The van der Waals surface area contributed by atoms with E-state index < -0.39 is 5.41 Å². The number of carbonyl (C=O) groups is 2. The summed E-state index contributed by atoms with van der Waals surface area (Å²) >= 11 is 1.63. The fourth-order valence-electron chi connectivity index (χ4n) is 2.57. The molecule has 1 N–H and O–H groups in total. The molecule has 0 spiro atoms. The Morgan fingerprint density at radius 2 is 1.85 bits per heavy atom. The Kier molecular flexibility index (Phi) is 7.42. The van der Waals surface area contributed by atoms with Gasteiger partial charge < -0.3 is 15.0 Å². The second kappa shape index (κ2) is 9.55. The highest BCUT2D eigenvalue weighted by Crippen LogP contribution is 2.22. The molecule has 5 nitrogen and oxygen atoms in total. The minimum atomic E-state index is -0.461. The molecule has 2 rings (SSSR count). The van der Waals surface area contributed by atoms with Gasteiger partial charge in [-0.3, -0.25) is 9.59 Å². The lowest BCUT2D eigenvalue weighted by atomic mass is 9.96. The largest absolute Gasteiger partial charge is 0.496 e. The van der Waals surface area contributed by atoms with Crippen LogP contribution >= 0.6 is 11.3 Å². The van der Waals surface area contributed by atoms with E-state index in [2.05, 4.69) is 5.32 Å². The quantitative estimate of drug-likeness (QED) is 0.747. The van der Waals surface area contributed by atoms with E-state index in [1.165, 1.54) is 0 Å². The SMILES string of the molecule is COc1ccccc1CN(Cc1cccs1)C(=O)CCNC(=O)C(C)(C)C. The highest BCUT2D eigenvalue weighted by molar-refractivity contribution is 7.09. The highest BCUT2D eigenvalue weighted by Gasteiger charge is 2.22. The van der Waals surface area contributed by atoms with Crippen LogP contribution in [0.2, 0.25) is 0 Å². The summed E-state index contributed by atoms with van der Waals surface area (Å²) in [5, 5.41) is 4.85. The van der Waals surface area contributed by atoms with Crippen molar-refractivity contribution >= 4 is 23.2 Å². The summed E-state index contributed by atoms with van der Waals surface area (Å²) in [7, 11) is 1.63. The van der Waals surface area contributed by atoms with Gasteiger partial charge in [0.2, 0.25) is 11.8 Å². The molecule has 0 aliphatic heterocycles. The topological polar surface area (TPSA) is 58.6 Å². The number of amides is 2. The van der Waals surface area contributed by atoms with E-state index in [1.807, 2.05) is 67.4 Å². The Labute approximate surface area is 165 Å². The first-order chi connectivity index (χ1) is 12.8. The molecule has 1 heterocycles. The molecule has 2 aromatic rings. The van der Waals surface area contributed by atoms with Crippen LogP contribution < -0.4 is 10.1 Å². The maximum absolute atomic E-state index is 12.8. The molecule has 0 saturated carbocycles. The molecule has 2 amide bonds. The molecule has 0 bridgehead atoms. The summed E-state index contributed by atoms with van der Waals surface area (Å²) in [6.07, 6.45) is 0.266. The zero-order valence-electron chi connectivity index (χ0n) is 16.5. The number of benzene rings is 1. The molecular weight excluding hydrogens is 360 g/mol. The first kappa shape index (κ1) is 21.0. The number of thiophene rings is 1. The van der Waals surface area contributed by atoms with Crippen LogP contribution in [0.5, 0.6) is 5.75 Å². The van der Waals surface area contributed by atoms with Crippen LogP contribution in [0, 0.1) is 5.41 Å². The van der Waals surface area contributed by atoms with Crippen molar-refractivity contribution in [1.82, 2.24) is 10.2 Å². The lowest BCUT2D eigenvalue weighted by Gasteiger charge is -2.24. The van der Waals surface area contributed by atoms with Gasteiger partial charge in [0.05, 0.1) is 13.7 Å². The van der Waals surface area contributed by atoms with Crippen LogP contribution in [0.4, 0.5) is 0 Å². The monoisotopic (exact) mass is 388 g/mol. The predicted octanol–water partition coefficient (Wildman–Crippen LogP) is 3.84. The van der Waals surface area contributed by atoms with Crippen molar-refractivity contribution in [2.24, 2.45) is 5.41 Å². The Balaban J connectivity index is 2.05. The standard InChI is InChI=1S/C21H28N2O3S/c1-21(2,3)20(25)22-12-11-19(24)23(15-17-9-7-13-27-17)14-16-8-5-6-10-18(16)26-4/h5-10,13H,11-12,14-15H2,1-4H3,(H,22,25). The number of nitrogens with one attached hydrogen (secondary N) is 1. The molecule has 0 saturated heterocycles. The van der Waals surface area contributed by atoms with Gasteiger partial charge in [-0.2, -0.15) is 0 Å². The molecule has 0 aliphatic carbocycles. The molecule has 27 heavy (non-hydrogen) atoms. The number of methoxy groups -OCH3 is 1. The Bertz CT molecular complexity index is 751. The van der Waals surface area contributed by atoms with E-state index in [0.29, 0.717) is 19.6 Å². The van der Waals surface area contributed by atoms with Crippen molar-refractivity contribution in [3.63, 3.8) is 0 Å². The average Bonchev–Trinajstić information content (AvgIpc) is 3.13. The Morgan fingerprint density at radius 1 is 1.11 bits per heavy atom. The third-order valence-electron chi connectivity index (χ3n) is 4.14. The zero-order chi connectivity index (χ0) is 19.9. The fraction of sp³-hybridized carbons (Fsp3) is 0.429. The second-order valence-electron chi connectivity index (χ2n) is 7.40. The second-order valence-corrected chi connectivity index (χ2v) is 8.43. The number of rotatable bonds is 8. The first-order valence-corrected chi connectivity index (χ1v) is 9.89.